The van der Waals surface area contributed by atoms with Crippen LogP contribution in [0.15, 0.2) is 30.3 Å². The minimum Gasteiger partial charge on any atom is -0.480 e. The van der Waals surface area contributed by atoms with Crippen LogP contribution in [0.2, 0.25) is 0 Å². The topological polar surface area (TPSA) is 104 Å². The standard InChI is InChI=1S/C17H26NO5P/c1-2-3-9-15(17(20)21)18-16(19)11-13-24(22,23)12-10-14-7-5-4-6-8-14/h4-8,15H,2-3,9-13H2,1H3,(H,18,19)(H,20,21)(H,22,23). The quantitative estimate of drug-likeness (QED) is 0.530. The molecule has 0 saturated carbocycles. The lowest BCUT2D eigenvalue weighted by molar-refractivity contribution is -0.142. The highest BCUT2D eigenvalue weighted by Gasteiger charge is 2.23. The van der Waals surface area contributed by atoms with Gasteiger partial charge < -0.3 is 15.3 Å². The Morgan fingerprint density at radius 2 is 1.88 bits per heavy atom. The monoisotopic (exact) mass is 355 g/mol. The van der Waals surface area contributed by atoms with E-state index in [1.165, 1.54) is 0 Å². The summed E-state index contributed by atoms with van der Waals surface area (Å²) in [6, 6.07) is 8.46. The van der Waals surface area contributed by atoms with Crippen LogP contribution in [0.1, 0.15) is 38.2 Å². The maximum Gasteiger partial charge on any atom is 0.326 e. The van der Waals surface area contributed by atoms with E-state index in [4.69, 9.17) is 5.11 Å². The molecule has 0 saturated heterocycles. The van der Waals surface area contributed by atoms with Gasteiger partial charge in [-0.1, -0.05) is 50.1 Å². The molecular formula is C17H26NO5P. The molecular weight excluding hydrogens is 329 g/mol. The first-order valence-electron chi connectivity index (χ1n) is 8.21. The summed E-state index contributed by atoms with van der Waals surface area (Å²) in [6.07, 6.45) is 2.22. The number of benzene rings is 1. The molecule has 0 radical (unpaired) electrons. The first-order chi connectivity index (χ1) is 11.3. The van der Waals surface area contributed by atoms with Gasteiger partial charge >= 0.3 is 5.97 Å². The molecule has 24 heavy (non-hydrogen) atoms. The number of aryl methyl sites for hydroxylation is 1. The molecule has 0 bridgehead atoms. The van der Waals surface area contributed by atoms with Crippen LogP contribution >= 0.6 is 7.37 Å². The van der Waals surface area contributed by atoms with Gasteiger partial charge in [-0.3, -0.25) is 9.36 Å². The number of aliphatic carboxylic acids is 1. The summed E-state index contributed by atoms with van der Waals surface area (Å²) >= 11 is 0. The van der Waals surface area contributed by atoms with Crippen molar-refractivity contribution in [2.45, 2.75) is 45.1 Å². The second-order valence-corrected chi connectivity index (χ2v) is 8.47. The summed E-state index contributed by atoms with van der Waals surface area (Å²) in [4.78, 5) is 32.9. The van der Waals surface area contributed by atoms with E-state index < -0.39 is 25.3 Å². The second kappa shape index (κ2) is 10.3. The Bertz CT molecular complexity index is 576. The van der Waals surface area contributed by atoms with Gasteiger partial charge in [0.25, 0.3) is 0 Å². The van der Waals surface area contributed by atoms with E-state index in [2.05, 4.69) is 5.32 Å². The molecule has 7 heteroatoms. The number of carboxylic acid groups (broad SMARTS) is 1. The van der Waals surface area contributed by atoms with E-state index in [-0.39, 0.29) is 18.7 Å². The molecule has 0 aliphatic carbocycles. The van der Waals surface area contributed by atoms with Crippen LogP contribution in [-0.4, -0.2) is 40.2 Å². The smallest absolute Gasteiger partial charge is 0.326 e. The van der Waals surface area contributed by atoms with Gasteiger partial charge in [0, 0.05) is 18.7 Å². The fraction of sp³-hybridized carbons (Fsp3) is 0.529. The average Bonchev–Trinajstić information content (AvgIpc) is 2.56. The fourth-order valence-corrected chi connectivity index (χ4v) is 3.65. The number of hydrogen-bond donors (Lipinski definition) is 3. The molecule has 0 fully saturated rings. The lowest BCUT2D eigenvalue weighted by Gasteiger charge is -2.15. The minimum atomic E-state index is -3.41. The van der Waals surface area contributed by atoms with E-state index in [0.717, 1.165) is 12.0 Å². The number of hydrogen-bond acceptors (Lipinski definition) is 3. The van der Waals surface area contributed by atoms with E-state index in [9.17, 15) is 19.0 Å². The number of nitrogens with one attached hydrogen (secondary N) is 1. The lowest BCUT2D eigenvalue weighted by atomic mass is 10.1. The molecule has 2 unspecified atom stereocenters. The molecule has 2 atom stereocenters. The fourth-order valence-electron chi connectivity index (χ4n) is 2.27. The van der Waals surface area contributed by atoms with Crippen molar-refractivity contribution in [2.24, 2.45) is 0 Å². The third-order valence-corrected chi connectivity index (χ3v) is 5.61. The predicted molar refractivity (Wildman–Crippen MR) is 93.4 cm³/mol. The van der Waals surface area contributed by atoms with Crippen LogP contribution in [-0.2, 0) is 20.6 Å². The molecule has 0 heterocycles. The summed E-state index contributed by atoms with van der Waals surface area (Å²) in [5.74, 6) is -1.57. The van der Waals surface area contributed by atoms with Gasteiger partial charge in [-0.15, -0.1) is 0 Å². The lowest BCUT2D eigenvalue weighted by Crippen LogP contribution is -2.40. The molecule has 3 N–H and O–H groups in total. The van der Waals surface area contributed by atoms with Gasteiger partial charge in [0.15, 0.2) is 0 Å². The SMILES string of the molecule is CCCCC(NC(=O)CCP(=O)(O)CCc1ccccc1)C(=O)O. The van der Waals surface area contributed by atoms with E-state index in [1.54, 1.807) is 0 Å². The zero-order valence-corrected chi connectivity index (χ0v) is 14.9. The van der Waals surface area contributed by atoms with E-state index >= 15 is 0 Å². The Morgan fingerprint density at radius 1 is 1.21 bits per heavy atom. The van der Waals surface area contributed by atoms with Gasteiger partial charge in [-0.25, -0.2) is 4.79 Å². The summed E-state index contributed by atoms with van der Waals surface area (Å²) < 4.78 is 12.1. The van der Waals surface area contributed by atoms with Crippen LogP contribution in [0.4, 0.5) is 0 Å². The molecule has 0 aliphatic rings. The maximum absolute atomic E-state index is 12.1. The number of rotatable bonds is 11. The van der Waals surface area contributed by atoms with Crippen LogP contribution in [0, 0.1) is 0 Å². The van der Waals surface area contributed by atoms with Gasteiger partial charge in [0.2, 0.25) is 13.3 Å². The van der Waals surface area contributed by atoms with Gasteiger partial charge in [0.1, 0.15) is 6.04 Å². The molecule has 1 rings (SSSR count). The first kappa shape index (κ1) is 20.4. The molecule has 1 aromatic carbocycles. The Kier molecular flexibility index (Phi) is 8.72. The number of carbonyl (C=O) groups excluding carboxylic acids is 1. The third-order valence-electron chi connectivity index (χ3n) is 3.76. The van der Waals surface area contributed by atoms with Crippen molar-refractivity contribution in [3.63, 3.8) is 0 Å². The molecule has 1 aromatic rings. The zero-order chi connectivity index (χ0) is 18.0. The Balaban J connectivity index is 2.40. The van der Waals surface area contributed by atoms with Crippen molar-refractivity contribution in [3.8, 4) is 0 Å². The van der Waals surface area contributed by atoms with Gasteiger partial charge in [0.05, 0.1) is 0 Å². The van der Waals surface area contributed by atoms with Crippen LogP contribution < -0.4 is 5.32 Å². The molecule has 134 valence electrons. The maximum atomic E-state index is 12.1. The summed E-state index contributed by atoms with van der Waals surface area (Å²) in [7, 11) is -3.41. The first-order valence-corrected chi connectivity index (χ1v) is 10.2. The predicted octanol–water partition coefficient (Wildman–Crippen LogP) is 2.65. The molecule has 0 spiro atoms. The summed E-state index contributed by atoms with van der Waals surface area (Å²) in [6.45, 7) is 1.94. The highest BCUT2D eigenvalue weighted by Crippen LogP contribution is 2.41. The van der Waals surface area contributed by atoms with Gasteiger partial charge in [-0.05, 0) is 18.4 Å². The number of carbonyl (C=O) groups is 2. The normalized spacial score (nSPS) is 14.6. The van der Waals surface area contributed by atoms with Crippen molar-refractivity contribution in [3.05, 3.63) is 35.9 Å². The van der Waals surface area contributed by atoms with Crippen molar-refractivity contribution < 1.29 is 24.2 Å². The highest BCUT2D eigenvalue weighted by atomic mass is 31.2. The zero-order valence-electron chi connectivity index (χ0n) is 14.0. The highest BCUT2D eigenvalue weighted by molar-refractivity contribution is 7.58. The second-order valence-electron chi connectivity index (χ2n) is 5.88. The molecule has 0 aromatic heterocycles. The Labute approximate surface area is 142 Å². The van der Waals surface area contributed by atoms with Crippen LogP contribution in [0.25, 0.3) is 0 Å². The Hall–Kier alpha value is -1.65. The molecule has 6 nitrogen and oxygen atoms in total. The van der Waals surface area contributed by atoms with Gasteiger partial charge in [-0.2, -0.15) is 0 Å². The Morgan fingerprint density at radius 3 is 2.46 bits per heavy atom. The third kappa shape index (κ3) is 8.27. The van der Waals surface area contributed by atoms with E-state index in [1.807, 2.05) is 37.3 Å². The van der Waals surface area contributed by atoms with Crippen LogP contribution in [0.5, 0.6) is 0 Å². The summed E-state index contributed by atoms with van der Waals surface area (Å²) in [5.41, 5.74) is 0.974. The molecule has 0 aliphatic heterocycles. The van der Waals surface area contributed by atoms with Crippen LogP contribution in [0.3, 0.4) is 0 Å². The van der Waals surface area contributed by atoms with Crippen molar-refractivity contribution in [2.75, 3.05) is 12.3 Å². The van der Waals surface area contributed by atoms with Crippen molar-refractivity contribution in [1.29, 1.82) is 0 Å². The van der Waals surface area contributed by atoms with Crippen molar-refractivity contribution >= 4 is 19.2 Å². The number of unbranched alkanes of at least 4 members (excludes halogenated alkanes) is 1. The number of carboxylic acids is 1. The molecule has 1 amide bonds. The van der Waals surface area contributed by atoms with Crippen molar-refractivity contribution in [1.82, 2.24) is 5.32 Å². The number of amides is 1. The summed E-state index contributed by atoms with van der Waals surface area (Å²) in [5, 5.41) is 11.5. The largest absolute Gasteiger partial charge is 0.480 e. The van der Waals surface area contributed by atoms with E-state index in [0.29, 0.717) is 19.3 Å². The average molecular weight is 355 g/mol. The minimum absolute atomic E-state index is 0.114.